The molecule has 1 aromatic rings. The number of ether oxygens (including phenoxy) is 2. The van der Waals surface area contributed by atoms with E-state index in [1.54, 1.807) is 13.0 Å². The zero-order chi connectivity index (χ0) is 9.42. The Morgan fingerprint density at radius 3 is 2.92 bits per heavy atom. The summed E-state index contributed by atoms with van der Waals surface area (Å²) in [7, 11) is 0. The van der Waals surface area contributed by atoms with Crippen LogP contribution in [0.25, 0.3) is 0 Å². The Balaban J connectivity index is 2.59. The summed E-state index contributed by atoms with van der Waals surface area (Å²) in [4.78, 5) is 10.1. The van der Waals surface area contributed by atoms with Crippen LogP contribution in [-0.2, 0) is 0 Å². The first-order chi connectivity index (χ1) is 6.20. The van der Waals surface area contributed by atoms with Crippen LogP contribution < -0.4 is 9.47 Å². The summed E-state index contributed by atoms with van der Waals surface area (Å²) in [5, 5.41) is 10.5. The van der Waals surface area contributed by atoms with E-state index in [4.69, 9.17) is 9.47 Å². The van der Waals surface area contributed by atoms with Crippen LogP contribution in [0.15, 0.2) is 12.1 Å². The van der Waals surface area contributed by atoms with E-state index in [9.17, 15) is 10.1 Å². The van der Waals surface area contributed by atoms with E-state index in [1.165, 1.54) is 6.07 Å². The summed E-state index contributed by atoms with van der Waals surface area (Å²) in [6.45, 7) is 1.78. The van der Waals surface area contributed by atoms with E-state index in [0.717, 1.165) is 0 Å². The van der Waals surface area contributed by atoms with Gasteiger partial charge in [-0.15, -0.1) is 0 Å². The molecular formula is C8H7NO4. The molecule has 1 aliphatic heterocycles. The third-order valence-corrected chi connectivity index (χ3v) is 1.96. The van der Waals surface area contributed by atoms with E-state index in [1.807, 2.05) is 0 Å². The van der Waals surface area contributed by atoms with Crippen molar-refractivity contribution >= 4 is 5.69 Å². The molecule has 0 aliphatic carbocycles. The highest BCUT2D eigenvalue weighted by Crippen LogP contribution is 2.39. The topological polar surface area (TPSA) is 61.6 Å². The molecule has 0 atom stereocenters. The molecule has 0 aromatic heterocycles. The maximum Gasteiger partial charge on any atom is 0.276 e. The molecule has 5 heteroatoms. The Kier molecular flexibility index (Phi) is 1.58. The van der Waals surface area contributed by atoms with Gasteiger partial charge in [0.1, 0.15) is 0 Å². The fraction of sp³-hybridized carbons (Fsp3) is 0.250. The molecule has 1 aliphatic rings. The Labute approximate surface area is 74.0 Å². The maximum absolute atomic E-state index is 10.5. The molecular weight excluding hydrogens is 174 g/mol. The molecule has 0 N–H and O–H groups in total. The van der Waals surface area contributed by atoms with E-state index in [0.29, 0.717) is 17.1 Å². The van der Waals surface area contributed by atoms with Crippen molar-refractivity contribution in [1.29, 1.82) is 0 Å². The fourth-order valence-corrected chi connectivity index (χ4v) is 1.30. The van der Waals surface area contributed by atoms with Crippen molar-refractivity contribution in [2.75, 3.05) is 6.79 Å². The maximum atomic E-state index is 10.5. The zero-order valence-electron chi connectivity index (χ0n) is 6.94. The van der Waals surface area contributed by atoms with Gasteiger partial charge >= 0.3 is 0 Å². The van der Waals surface area contributed by atoms with Crippen molar-refractivity contribution in [1.82, 2.24) is 0 Å². The van der Waals surface area contributed by atoms with Gasteiger partial charge in [-0.2, -0.15) is 0 Å². The lowest BCUT2D eigenvalue weighted by atomic mass is 10.2. The SMILES string of the molecule is Cc1c([N+](=O)[O-])ccc2c1OCO2. The summed E-state index contributed by atoms with van der Waals surface area (Å²) in [6, 6.07) is 2.97. The van der Waals surface area contributed by atoms with Crippen molar-refractivity contribution in [2.24, 2.45) is 0 Å². The summed E-state index contributed by atoms with van der Waals surface area (Å²) >= 11 is 0. The molecule has 2 rings (SSSR count). The molecule has 0 amide bonds. The van der Waals surface area contributed by atoms with E-state index >= 15 is 0 Å². The number of nitro benzene ring substituents is 1. The molecule has 0 spiro atoms. The van der Waals surface area contributed by atoms with Gasteiger partial charge in [0.15, 0.2) is 11.5 Å². The minimum absolute atomic E-state index is 0.0595. The van der Waals surface area contributed by atoms with Crippen molar-refractivity contribution in [3.8, 4) is 11.5 Å². The standard InChI is InChI=1S/C8H7NO4/c1-5-6(9(10)11)2-3-7-8(5)13-4-12-7/h2-3H,4H2,1H3. The quantitative estimate of drug-likeness (QED) is 0.488. The number of nitro groups is 1. The molecule has 0 saturated heterocycles. The number of benzene rings is 1. The normalized spacial score (nSPS) is 13.0. The first-order valence-electron chi connectivity index (χ1n) is 3.74. The highest BCUT2D eigenvalue weighted by Gasteiger charge is 2.22. The van der Waals surface area contributed by atoms with Crippen LogP contribution in [0.3, 0.4) is 0 Å². The molecule has 0 radical (unpaired) electrons. The molecule has 0 fully saturated rings. The lowest BCUT2D eigenvalue weighted by Gasteiger charge is -2.00. The van der Waals surface area contributed by atoms with Gasteiger partial charge in [-0.25, -0.2) is 0 Å². The van der Waals surface area contributed by atoms with Gasteiger partial charge < -0.3 is 9.47 Å². The van der Waals surface area contributed by atoms with Crippen molar-refractivity contribution < 1.29 is 14.4 Å². The molecule has 1 aromatic carbocycles. The number of hydrogen-bond donors (Lipinski definition) is 0. The molecule has 1 heterocycles. The Hall–Kier alpha value is -1.78. The Bertz CT molecular complexity index is 375. The van der Waals surface area contributed by atoms with Crippen LogP contribution in [0.4, 0.5) is 5.69 Å². The van der Waals surface area contributed by atoms with Crippen LogP contribution in [0.2, 0.25) is 0 Å². The second kappa shape index (κ2) is 2.62. The van der Waals surface area contributed by atoms with Crippen molar-refractivity contribution in [2.45, 2.75) is 6.92 Å². The van der Waals surface area contributed by atoms with E-state index in [2.05, 4.69) is 0 Å². The summed E-state index contributed by atoms with van der Waals surface area (Å²) < 4.78 is 10.2. The lowest BCUT2D eigenvalue weighted by molar-refractivity contribution is -0.385. The highest BCUT2D eigenvalue weighted by atomic mass is 16.7. The van der Waals surface area contributed by atoms with E-state index in [-0.39, 0.29) is 12.5 Å². The van der Waals surface area contributed by atoms with E-state index < -0.39 is 4.92 Å². The minimum atomic E-state index is -0.433. The average Bonchev–Trinajstić information content (AvgIpc) is 2.52. The number of fused-ring (bicyclic) bond motifs is 1. The van der Waals surface area contributed by atoms with Crippen LogP contribution in [0, 0.1) is 17.0 Å². The molecule has 13 heavy (non-hydrogen) atoms. The monoisotopic (exact) mass is 181 g/mol. The largest absolute Gasteiger partial charge is 0.454 e. The number of nitrogens with zero attached hydrogens (tertiary/aromatic N) is 1. The number of hydrogen-bond acceptors (Lipinski definition) is 4. The Morgan fingerprint density at radius 2 is 2.23 bits per heavy atom. The third kappa shape index (κ3) is 1.09. The fourth-order valence-electron chi connectivity index (χ4n) is 1.30. The van der Waals surface area contributed by atoms with Gasteiger partial charge in [-0.3, -0.25) is 10.1 Å². The minimum Gasteiger partial charge on any atom is -0.454 e. The third-order valence-electron chi connectivity index (χ3n) is 1.96. The first kappa shape index (κ1) is 7.85. The molecule has 5 nitrogen and oxygen atoms in total. The first-order valence-corrected chi connectivity index (χ1v) is 3.74. The zero-order valence-corrected chi connectivity index (χ0v) is 6.94. The summed E-state index contributed by atoms with van der Waals surface area (Å²) in [5.74, 6) is 1.05. The van der Waals surface area contributed by atoms with Crippen LogP contribution in [0.5, 0.6) is 11.5 Å². The number of rotatable bonds is 1. The van der Waals surface area contributed by atoms with Crippen molar-refractivity contribution in [3.63, 3.8) is 0 Å². The molecule has 0 unspecified atom stereocenters. The lowest BCUT2D eigenvalue weighted by Crippen LogP contribution is -1.94. The molecule has 68 valence electrons. The predicted molar refractivity (Wildman–Crippen MR) is 44.0 cm³/mol. The van der Waals surface area contributed by atoms with Crippen LogP contribution in [0.1, 0.15) is 5.56 Å². The average molecular weight is 181 g/mol. The van der Waals surface area contributed by atoms with Gasteiger partial charge in [-0.05, 0) is 13.0 Å². The van der Waals surface area contributed by atoms with Gasteiger partial charge in [0.2, 0.25) is 6.79 Å². The molecule has 0 bridgehead atoms. The van der Waals surface area contributed by atoms with Gasteiger partial charge in [0.25, 0.3) is 5.69 Å². The van der Waals surface area contributed by atoms with Crippen LogP contribution >= 0.6 is 0 Å². The van der Waals surface area contributed by atoms with Gasteiger partial charge in [0, 0.05) is 6.07 Å². The second-order valence-electron chi connectivity index (χ2n) is 2.70. The molecule has 0 saturated carbocycles. The predicted octanol–water partition coefficient (Wildman–Crippen LogP) is 1.63. The highest BCUT2D eigenvalue weighted by molar-refractivity contribution is 5.57. The van der Waals surface area contributed by atoms with Gasteiger partial charge in [-0.1, -0.05) is 0 Å². The van der Waals surface area contributed by atoms with Crippen molar-refractivity contribution in [3.05, 3.63) is 27.8 Å². The summed E-state index contributed by atoms with van der Waals surface area (Å²) in [6.07, 6.45) is 0. The Morgan fingerprint density at radius 1 is 1.46 bits per heavy atom. The smallest absolute Gasteiger partial charge is 0.276 e. The second-order valence-corrected chi connectivity index (χ2v) is 2.70. The van der Waals surface area contributed by atoms with Crippen LogP contribution in [-0.4, -0.2) is 11.7 Å². The van der Waals surface area contributed by atoms with Gasteiger partial charge in [0.05, 0.1) is 10.5 Å². The summed E-state index contributed by atoms with van der Waals surface area (Å²) in [5.41, 5.74) is 0.573.